The van der Waals surface area contributed by atoms with Gasteiger partial charge in [-0.1, -0.05) is 0 Å². The fourth-order valence-corrected chi connectivity index (χ4v) is 0.624. The second-order valence-electron chi connectivity index (χ2n) is 1.71. The van der Waals surface area contributed by atoms with Gasteiger partial charge in [-0.05, 0) is 0 Å². The molecule has 1 aromatic rings. The Labute approximate surface area is 60.2 Å². The molecule has 1 heterocycles. The van der Waals surface area contributed by atoms with Crippen molar-refractivity contribution in [3.63, 3.8) is 0 Å². The van der Waals surface area contributed by atoms with E-state index in [1.54, 1.807) is 0 Å². The summed E-state index contributed by atoms with van der Waals surface area (Å²) in [5, 5.41) is 18.8. The molecular weight excluding hydrogens is 154 g/mol. The molecule has 6 heteroatoms. The van der Waals surface area contributed by atoms with Crippen molar-refractivity contribution in [1.29, 1.82) is 0 Å². The molecule has 1 rings (SSSR count). The number of rotatable bonds is 2. The van der Waals surface area contributed by atoms with Gasteiger partial charge in [0.05, 0.1) is 4.92 Å². The highest BCUT2D eigenvalue weighted by Gasteiger charge is 2.23. The number of nitrogens with zero attached hydrogens (tertiary/aromatic N) is 1. The van der Waals surface area contributed by atoms with Crippen LogP contribution in [0.5, 0.6) is 5.75 Å². The molecule has 0 unspecified atom stereocenters. The standard InChI is InChI=1S/C5H3NO5/c7-1-4-5(6(9)10)3(8)2-11-4/h1-2,8H. The first-order chi connectivity index (χ1) is 5.16. The average molecular weight is 157 g/mol. The van der Waals surface area contributed by atoms with E-state index in [4.69, 9.17) is 5.11 Å². The van der Waals surface area contributed by atoms with Crippen LogP contribution in [0.25, 0.3) is 0 Å². The summed E-state index contributed by atoms with van der Waals surface area (Å²) in [4.78, 5) is 19.2. The maximum Gasteiger partial charge on any atom is 0.359 e. The molecule has 0 spiro atoms. The summed E-state index contributed by atoms with van der Waals surface area (Å²) in [7, 11) is 0. The molecule has 0 aliphatic rings. The van der Waals surface area contributed by atoms with Crippen LogP contribution in [-0.4, -0.2) is 16.3 Å². The maximum absolute atomic E-state index is 10.1. The van der Waals surface area contributed by atoms with Gasteiger partial charge in [0.15, 0.2) is 6.29 Å². The lowest BCUT2D eigenvalue weighted by atomic mass is 10.4. The van der Waals surface area contributed by atoms with E-state index in [1.807, 2.05) is 0 Å². The summed E-state index contributed by atoms with van der Waals surface area (Å²) in [6.07, 6.45) is 0.902. The van der Waals surface area contributed by atoms with E-state index in [1.165, 1.54) is 0 Å². The Hall–Kier alpha value is -1.85. The highest BCUT2D eigenvalue weighted by Crippen LogP contribution is 2.29. The quantitative estimate of drug-likeness (QED) is 0.387. The highest BCUT2D eigenvalue weighted by atomic mass is 16.6. The fraction of sp³-hybridized carbons (Fsp3) is 0. The Bertz CT molecular complexity index is 302. The third kappa shape index (κ3) is 1.05. The van der Waals surface area contributed by atoms with Crippen LogP contribution in [-0.2, 0) is 0 Å². The van der Waals surface area contributed by atoms with Gasteiger partial charge < -0.3 is 9.52 Å². The molecule has 1 N–H and O–H groups in total. The van der Waals surface area contributed by atoms with Crippen molar-refractivity contribution in [2.45, 2.75) is 0 Å². The van der Waals surface area contributed by atoms with Gasteiger partial charge in [-0.3, -0.25) is 14.9 Å². The molecular formula is C5H3NO5. The van der Waals surface area contributed by atoms with Crippen molar-refractivity contribution in [2.24, 2.45) is 0 Å². The van der Waals surface area contributed by atoms with E-state index in [9.17, 15) is 14.9 Å². The number of hydrogen-bond acceptors (Lipinski definition) is 5. The Balaban J connectivity index is 3.28. The molecule has 0 aromatic carbocycles. The molecule has 6 nitrogen and oxygen atoms in total. The zero-order chi connectivity index (χ0) is 8.43. The van der Waals surface area contributed by atoms with E-state index < -0.39 is 22.1 Å². The van der Waals surface area contributed by atoms with Crippen molar-refractivity contribution < 1.29 is 19.2 Å². The summed E-state index contributed by atoms with van der Waals surface area (Å²) in [6, 6.07) is 0. The lowest BCUT2D eigenvalue weighted by Crippen LogP contribution is -1.89. The van der Waals surface area contributed by atoms with Crippen LogP contribution in [0.1, 0.15) is 10.6 Å². The molecule has 0 aliphatic heterocycles. The van der Waals surface area contributed by atoms with E-state index in [-0.39, 0.29) is 6.29 Å². The molecule has 0 fully saturated rings. The van der Waals surface area contributed by atoms with Crippen LogP contribution in [0.15, 0.2) is 10.7 Å². The first-order valence-electron chi connectivity index (χ1n) is 2.57. The largest absolute Gasteiger partial charge is 0.500 e. The monoisotopic (exact) mass is 157 g/mol. The highest BCUT2D eigenvalue weighted by molar-refractivity contribution is 5.79. The number of hydrogen-bond donors (Lipinski definition) is 1. The number of carbonyl (C=O) groups is 1. The third-order valence-corrected chi connectivity index (χ3v) is 1.06. The van der Waals surface area contributed by atoms with Crippen molar-refractivity contribution in [3.05, 3.63) is 22.1 Å². The summed E-state index contributed by atoms with van der Waals surface area (Å²) in [6.45, 7) is 0. The van der Waals surface area contributed by atoms with Crippen LogP contribution in [0.2, 0.25) is 0 Å². The average Bonchev–Trinajstić information content (AvgIpc) is 2.30. The molecule has 0 bridgehead atoms. The normalized spacial score (nSPS) is 9.45. The van der Waals surface area contributed by atoms with Crippen LogP contribution in [0.4, 0.5) is 5.69 Å². The molecule has 58 valence electrons. The maximum atomic E-state index is 10.1. The molecule has 0 amide bonds. The van der Waals surface area contributed by atoms with Crippen molar-refractivity contribution in [1.82, 2.24) is 0 Å². The third-order valence-electron chi connectivity index (χ3n) is 1.06. The first-order valence-corrected chi connectivity index (χ1v) is 2.57. The van der Waals surface area contributed by atoms with Crippen molar-refractivity contribution in [3.8, 4) is 5.75 Å². The van der Waals surface area contributed by atoms with Gasteiger partial charge in [-0.2, -0.15) is 0 Å². The van der Waals surface area contributed by atoms with Gasteiger partial charge in [-0.25, -0.2) is 0 Å². The Morgan fingerprint density at radius 3 is 2.73 bits per heavy atom. The number of nitro groups is 1. The zero-order valence-electron chi connectivity index (χ0n) is 5.18. The number of aldehydes is 1. The van der Waals surface area contributed by atoms with Crippen LogP contribution < -0.4 is 0 Å². The first kappa shape index (κ1) is 7.26. The SMILES string of the molecule is O=Cc1occ(O)c1[N+](=O)[O-]. The second kappa shape index (κ2) is 2.41. The van der Waals surface area contributed by atoms with Crippen LogP contribution in [0.3, 0.4) is 0 Å². The predicted molar refractivity (Wildman–Crippen MR) is 32.4 cm³/mol. The van der Waals surface area contributed by atoms with Gasteiger partial charge in [0.25, 0.3) is 0 Å². The van der Waals surface area contributed by atoms with Crippen LogP contribution in [0, 0.1) is 10.1 Å². The molecule has 11 heavy (non-hydrogen) atoms. The summed E-state index contributed by atoms with van der Waals surface area (Å²) >= 11 is 0. The van der Waals surface area contributed by atoms with Crippen LogP contribution >= 0.6 is 0 Å². The molecule has 0 atom stereocenters. The Morgan fingerprint density at radius 1 is 1.73 bits per heavy atom. The topological polar surface area (TPSA) is 93.6 Å². The Kier molecular flexibility index (Phi) is 1.59. The minimum Gasteiger partial charge on any atom is -0.500 e. The molecule has 1 aromatic heterocycles. The zero-order valence-corrected chi connectivity index (χ0v) is 5.18. The molecule has 0 aliphatic carbocycles. The second-order valence-corrected chi connectivity index (χ2v) is 1.71. The van der Waals surface area contributed by atoms with E-state index in [0.29, 0.717) is 0 Å². The molecule has 0 saturated carbocycles. The Morgan fingerprint density at radius 2 is 2.36 bits per heavy atom. The predicted octanol–water partition coefficient (Wildman–Crippen LogP) is 0.706. The van der Waals surface area contributed by atoms with Gasteiger partial charge in [0.1, 0.15) is 6.26 Å². The smallest absolute Gasteiger partial charge is 0.359 e. The van der Waals surface area contributed by atoms with Gasteiger partial charge in [0.2, 0.25) is 11.5 Å². The fourth-order valence-electron chi connectivity index (χ4n) is 0.624. The molecule has 0 saturated heterocycles. The van der Waals surface area contributed by atoms with Crippen molar-refractivity contribution in [2.75, 3.05) is 0 Å². The minimum atomic E-state index is -0.886. The number of aromatic hydroxyl groups is 1. The van der Waals surface area contributed by atoms with E-state index in [2.05, 4.69) is 4.42 Å². The van der Waals surface area contributed by atoms with Gasteiger partial charge in [0, 0.05) is 0 Å². The van der Waals surface area contributed by atoms with Gasteiger partial charge >= 0.3 is 5.69 Å². The molecule has 0 radical (unpaired) electrons. The van der Waals surface area contributed by atoms with Gasteiger partial charge in [-0.15, -0.1) is 0 Å². The van der Waals surface area contributed by atoms with E-state index in [0.717, 1.165) is 6.26 Å². The van der Waals surface area contributed by atoms with E-state index >= 15 is 0 Å². The summed E-state index contributed by atoms with van der Waals surface area (Å²) in [5.74, 6) is -1.12. The summed E-state index contributed by atoms with van der Waals surface area (Å²) in [5.41, 5.74) is -0.694. The number of furan rings is 1. The minimum absolute atomic E-state index is 0.165. The lowest BCUT2D eigenvalue weighted by molar-refractivity contribution is -0.386. The lowest BCUT2D eigenvalue weighted by Gasteiger charge is -1.84. The van der Waals surface area contributed by atoms with Crippen molar-refractivity contribution >= 4 is 12.0 Å². The summed E-state index contributed by atoms with van der Waals surface area (Å²) < 4.78 is 4.35. The number of carbonyl (C=O) groups excluding carboxylic acids is 1.